The zero-order valence-corrected chi connectivity index (χ0v) is 19.2. The molecular formula is C26H21FN4O2S. The minimum absolute atomic E-state index is 0.0417. The fourth-order valence-corrected chi connectivity index (χ4v) is 4.68. The van der Waals surface area contributed by atoms with Gasteiger partial charge in [0, 0.05) is 29.2 Å². The monoisotopic (exact) mass is 472 g/mol. The van der Waals surface area contributed by atoms with E-state index >= 15 is 0 Å². The van der Waals surface area contributed by atoms with Crippen molar-refractivity contribution in [3.8, 4) is 5.75 Å². The Morgan fingerprint density at radius 1 is 1.06 bits per heavy atom. The van der Waals surface area contributed by atoms with Crippen LogP contribution < -0.4 is 9.64 Å². The van der Waals surface area contributed by atoms with E-state index in [1.165, 1.54) is 23.9 Å². The number of rotatable bonds is 6. The van der Waals surface area contributed by atoms with Gasteiger partial charge in [-0.1, -0.05) is 42.1 Å². The summed E-state index contributed by atoms with van der Waals surface area (Å²) in [6.07, 6.45) is 3.71. The Morgan fingerprint density at radius 2 is 1.82 bits per heavy atom. The third-order valence-electron chi connectivity index (χ3n) is 5.52. The van der Waals surface area contributed by atoms with E-state index in [4.69, 9.17) is 4.74 Å². The molecule has 1 saturated heterocycles. The number of ether oxygens (including phenoxy) is 1. The highest BCUT2D eigenvalue weighted by Gasteiger charge is 2.29. The summed E-state index contributed by atoms with van der Waals surface area (Å²) in [5.74, 6) is 0.744. The highest BCUT2D eigenvalue weighted by atomic mass is 32.2. The number of halogens is 1. The predicted octanol–water partition coefficient (Wildman–Crippen LogP) is 5.31. The maximum Gasteiger partial charge on any atom is 0.243 e. The summed E-state index contributed by atoms with van der Waals surface area (Å²) in [6, 6.07) is 21.8. The van der Waals surface area contributed by atoms with E-state index < -0.39 is 0 Å². The molecule has 0 radical (unpaired) electrons. The third kappa shape index (κ3) is 4.45. The Kier molecular flexibility index (Phi) is 6.14. The van der Waals surface area contributed by atoms with Crippen LogP contribution in [0.4, 0.5) is 10.1 Å². The summed E-state index contributed by atoms with van der Waals surface area (Å²) < 4.78 is 20.6. The van der Waals surface area contributed by atoms with Crippen LogP contribution in [-0.4, -0.2) is 34.7 Å². The highest BCUT2D eigenvalue weighted by molar-refractivity contribution is 8.15. The van der Waals surface area contributed by atoms with Crippen LogP contribution in [0.1, 0.15) is 11.1 Å². The second-order valence-electron chi connectivity index (χ2n) is 7.70. The highest BCUT2D eigenvalue weighted by Crippen LogP contribution is 2.28. The van der Waals surface area contributed by atoms with Gasteiger partial charge in [-0.3, -0.25) is 9.69 Å². The Labute approximate surface area is 200 Å². The SMILES string of the molecule is COc1ccc(N2C(=O)CSC2=NN=Cc2cn(Cc3ccc(F)cc3)c3ccccc23)cc1. The van der Waals surface area contributed by atoms with E-state index in [1.54, 1.807) is 30.4 Å². The average molecular weight is 473 g/mol. The molecule has 0 aliphatic carbocycles. The van der Waals surface area contributed by atoms with Crippen LogP contribution in [0.5, 0.6) is 5.75 Å². The molecule has 34 heavy (non-hydrogen) atoms. The molecule has 1 amide bonds. The van der Waals surface area contributed by atoms with Crippen molar-refractivity contribution in [1.82, 2.24) is 4.57 Å². The van der Waals surface area contributed by atoms with Crippen molar-refractivity contribution in [2.45, 2.75) is 6.54 Å². The van der Waals surface area contributed by atoms with E-state index in [2.05, 4.69) is 14.8 Å². The van der Waals surface area contributed by atoms with Gasteiger partial charge < -0.3 is 9.30 Å². The number of fused-ring (bicyclic) bond motifs is 1. The van der Waals surface area contributed by atoms with Crippen molar-refractivity contribution in [2.24, 2.45) is 10.2 Å². The molecule has 4 aromatic rings. The number of aromatic nitrogens is 1. The van der Waals surface area contributed by atoms with Gasteiger partial charge in [0.25, 0.3) is 0 Å². The number of thioether (sulfide) groups is 1. The first kappa shape index (κ1) is 21.9. The molecule has 0 unspecified atom stereocenters. The third-order valence-corrected chi connectivity index (χ3v) is 6.44. The van der Waals surface area contributed by atoms with Gasteiger partial charge in [-0.15, -0.1) is 5.10 Å². The maximum atomic E-state index is 13.3. The average Bonchev–Trinajstić information content (AvgIpc) is 3.41. The summed E-state index contributed by atoms with van der Waals surface area (Å²) in [5.41, 5.74) is 3.68. The standard InChI is InChI=1S/C26H21FN4O2S/c1-33-22-12-10-21(11-13-22)31-25(32)17-34-26(31)29-28-14-19-16-30(24-5-3-2-4-23(19)24)15-18-6-8-20(27)9-7-18/h2-14,16H,15,17H2,1H3. The van der Waals surface area contributed by atoms with Crippen molar-refractivity contribution >= 4 is 45.6 Å². The van der Waals surface area contributed by atoms with Gasteiger partial charge in [0.2, 0.25) is 5.91 Å². The van der Waals surface area contributed by atoms with Gasteiger partial charge in [-0.25, -0.2) is 4.39 Å². The molecule has 0 bridgehead atoms. The first-order valence-electron chi connectivity index (χ1n) is 10.7. The molecule has 5 rings (SSSR count). The number of amides is 1. The van der Waals surface area contributed by atoms with E-state index in [-0.39, 0.29) is 11.7 Å². The molecular weight excluding hydrogens is 451 g/mol. The molecule has 1 aliphatic heterocycles. The van der Waals surface area contributed by atoms with Crippen LogP contribution in [0.3, 0.4) is 0 Å². The van der Waals surface area contributed by atoms with E-state index in [9.17, 15) is 9.18 Å². The number of benzene rings is 3. The molecule has 0 saturated carbocycles. The zero-order valence-electron chi connectivity index (χ0n) is 18.4. The van der Waals surface area contributed by atoms with Gasteiger partial charge in [0.05, 0.1) is 24.8 Å². The van der Waals surface area contributed by atoms with Gasteiger partial charge >= 0.3 is 0 Å². The normalized spacial score (nSPS) is 15.2. The van der Waals surface area contributed by atoms with Crippen molar-refractivity contribution in [1.29, 1.82) is 0 Å². The Morgan fingerprint density at radius 3 is 2.59 bits per heavy atom. The van der Waals surface area contributed by atoms with Crippen LogP contribution in [0.2, 0.25) is 0 Å². The van der Waals surface area contributed by atoms with Gasteiger partial charge in [-0.05, 0) is 48.0 Å². The lowest BCUT2D eigenvalue weighted by atomic mass is 10.2. The van der Waals surface area contributed by atoms with Gasteiger partial charge in [0.15, 0.2) is 5.17 Å². The van der Waals surface area contributed by atoms with E-state index in [0.717, 1.165) is 33.5 Å². The van der Waals surface area contributed by atoms with E-state index in [1.807, 2.05) is 54.7 Å². The van der Waals surface area contributed by atoms with E-state index in [0.29, 0.717) is 17.5 Å². The second-order valence-corrected chi connectivity index (χ2v) is 8.64. The number of carbonyl (C=O) groups excluding carboxylic acids is 1. The minimum Gasteiger partial charge on any atom is -0.497 e. The molecule has 2 heterocycles. The fourth-order valence-electron chi connectivity index (χ4n) is 3.86. The summed E-state index contributed by atoms with van der Waals surface area (Å²) >= 11 is 1.36. The van der Waals surface area contributed by atoms with Crippen LogP contribution in [-0.2, 0) is 11.3 Å². The lowest BCUT2D eigenvalue weighted by molar-refractivity contribution is -0.115. The second kappa shape index (κ2) is 9.52. The fraction of sp³-hybridized carbons (Fsp3) is 0.115. The number of methoxy groups -OCH3 is 1. The quantitative estimate of drug-likeness (QED) is 0.282. The Bertz CT molecular complexity index is 1390. The predicted molar refractivity (Wildman–Crippen MR) is 135 cm³/mol. The van der Waals surface area contributed by atoms with Crippen LogP contribution in [0, 0.1) is 5.82 Å². The molecule has 0 atom stereocenters. The first-order chi connectivity index (χ1) is 16.6. The van der Waals surface area contributed by atoms with Gasteiger partial charge in [-0.2, -0.15) is 5.10 Å². The topological polar surface area (TPSA) is 59.2 Å². The first-order valence-corrected chi connectivity index (χ1v) is 11.6. The van der Waals surface area contributed by atoms with Crippen LogP contribution in [0.25, 0.3) is 10.9 Å². The smallest absolute Gasteiger partial charge is 0.243 e. The van der Waals surface area contributed by atoms with Crippen molar-refractivity contribution < 1.29 is 13.9 Å². The molecule has 170 valence electrons. The molecule has 3 aromatic carbocycles. The number of hydrogen-bond donors (Lipinski definition) is 0. The molecule has 0 N–H and O–H groups in total. The molecule has 8 heteroatoms. The lowest BCUT2D eigenvalue weighted by Crippen LogP contribution is -2.28. The summed E-state index contributed by atoms with van der Waals surface area (Å²) in [7, 11) is 1.60. The maximum absolute atomic E-state index is 13.3. The largest absolute Gasteiger partial charge is 0.497 e. The molecule has 0 spiro atoms. The van der Waals surface area contributed by atoms with Crippen molar-refractivity contribution in [3.05, 3.63) is 95.9 Å². The van der Waals surface area contributed by atoms with Crippen molar-refractivity contribution in [3.63, 3.8) is 0 Å². The molecule has 1 aromatic heterocycles. The summed E-state index contributed by atoms with van der Waals surface area (Å²) in [4.78, 5) is 14.0. The Balaban J connectivity index is 1.42. The molecule has 1 fully saturated rings. The Hall–Kier alpha value is -3.91. The molecule has 1 aliphatic rings. The number of anilines is 1. The minimum atomic E-state index is -0.250. The zero-order chi connectivity index (χ0) is 23.5. The summed E-state index contributed by atoms with van der Waals surface area (Å²) in [5, 5.41) is 10.2. The number of hydrogen-bond acceptors (Lipinski definition) is 5. The van der Waals surface area contributed by atoms with Crippen molar-refractivity contribution in [2.75, 3.05) is 17.8 Å². The van der Waals surface area contributed by atoms with Crippen LogP contribution >= 0.6 is 11.8 Å². The number of nitrogens with zero attached hydrogens (tertiary/aromatic N) is 4. The number of carbonyl (C=O) groups is 1. The lowest BCUT2D eigenvalue weighted by Gasteiger charge is -2.15. The molecule has 6 nitrogen and oxygen atoms in total. The van der Waals surface area contributed by atoms with Gasteiger partial charge in [0.1, 0.15) is 11.6 Å². The number of amidine groups is 1. The number of para-hydroxylation sites is 1. The summed E-state index contributed by atoms with van der Waals surface area (Å²) in [6.45, 7) is 0.610. The van der Waals surface area contributed by atoms with Crippen LogP contribution in [0.15, 0.2) is 89.2 Å².